The Balaban J connectivity index is 0.00000171. The standard InChI is InChI=1S/C26H38N2O.3H2/c29-26(16-15-20-8-2-1-3-9-20)28-23-13-6-10-21(18-23)19-25-24-14-5-4-11-22(24)12-7-17-27-25;;;/h5,7,14,17,20-21,23H,1-4,6,8-13,15-16,18-19H2,(H,28,29);3*1H. The Bertz CT molecular complexity index is 708. The number of nitrogens with one attached hydrogen (secondary N) is 1. The van der Waals surface area contributed by atoms with Crippen molar-refractivity contribution in [1.82, 2.24) is 5.32 Å². The van der Waals surface area contributed by atoms with E-state index in [1.165, 1.54) is 69.1 Å². The first kappa shape index (κ1) is 20.6. The van der Waals surface area contributed by atoms with Gasteiger partial charge in [-0.25, -0.2) is 0 Å². The van der Waals surface area contributed by atoms with Gasteiger partial charge in [0.1, 0.15) is 0 Å². The van der Waals surface area contributed by atoms with Gasteiger partial charge in [0.25, 0.3) is 0 Å². The molecular weight excluding hydrogens is 356 g/mol. The van der Waals surface area contributed by atoms with E-state index in [4.69, 9.17) is 4.99 Å². The third kappa shape index (κ3) is 5.93. The lowest BCUT2D eigenvalue weighted by Gasteiger charge is -2.31. The van der Waals surface area contributed by atoms with Gasteiger partial charge in [0, 0.05) is 28.7 Å². The number of hydrogen-bond donors (Lipinski definition) is 1. The Kier molecular flexibility index (Phi) is 7.40. The fraction of sp³-hybridized carbons (Fsp3) is 0.692. The minimum Gasteiger partial charge on any atom is -0.353 e. The van der Waals surface area contributed by atoms with Crippen molar-refractivity contribution in [2.45, 2.75) is 102 Å². The summed E-state index contributed by atoms with van der Waals surface area (Å²) in [6.07, 6.45) is 26.6. The van der Waals surface area contributed by atoms with Crippen LogP contribution in [-0.4, -0.2) is 17.7 Å². The van der Waals surface area contributed by atoms with E-state index in [9.17, 15) is 4.79 Å². The van der Waals surface area contributed by atoms with Crippen molar-refractivity contribution in [2.24, 2.45) is 16.8 Å². The molecule has 0 aromatic carbocycles. The number of rotatable bonds is 6. The molecule has 3 nitrogen and oxygen atoms in total. The van der Waals surface area contributed by atoms with Gasteiger partial charge in [-0.1, -0.05) is 62.3 Å². The predicted molar refractivity (Wildman–Crippen MR) is 127 cm³/mol. The number of carbonyl (C=O) groups is 1. The van der Waals surface area contributed by atoms with Crippen LogP contribution >= 0.6 is 0 Å². The lowest BCUT2D eigenvalue weighted by atomic mass is 9.80. The second-order valence-electron chi connectivity index (χ2n) is 9.67. The van der Waals surface area contributed by atoms with Gasteiger partial charge < -0.3 is 5.32 Å². The Morgan fingerprint density at radius 1 is 1.07 bits per heavy atom. The molecule has 2 fully saturated rings. The van der Waals surface area contributed by atoms with Crippen molar-refractivity contribution in [3.8, 4) is 0 Å². The molecular formula is C26H44N2O. The third-order valence-electron chi connectivity index (χ3n) is 7.42. The second kappa shape index (κ2) is 10.4. The molecule has 164 valence electrons. The Labute approximate surface area is 181 Å². The monoisotopic (exact) mass is 400 g/mol. The van der Waals surface area contributed by atoms with E-state index in [1.54, 1.807) is 5.57 Å². The van der Waals surface area contributed by atoms with Gasteiger partial charge in [-0.2, -0.15) is 0 Å². The molecule has 1 heterocycles. The van der Waals surface area contributed by atoms with Crippen molar-refractivity contribution >= 4 is 11.6 Å². The Morgan fingerprint density at radius 2 is 1.93 bits per heavy atom. The van der Waals surface area contributed by atoms with Crippen LogP contribution in [0.4, 0.5) is 0 Å². The number of carbonyl (C=O) groups excluding carboxylic acids is 1. The van der Waals surface area contributed by atoms with E-state index in [-0.39, 0.29) is 10.2 Å². The highest BCUT2D eigenvalue weighted by molar-refractivity contribution is 6.04. The predicted octanol–water partition coefficient (Wildman–Crippen LogP) is 7.16. The fourth-order valence-corrected chi connectivity index (χ4v) is 5.79. The molecule has 0 aromatic rings. The molecule has 2 saturated carbocycles. The van der Waals surface area contributed by atoms with E-state index in [1.807, 2.05) is 6.20 Å². The molecule has 0 spiro atoms. The molecule has 1 N–H and O–H groups in total. The average molecular weight is 401 g/mol. The topological polar surface area (TPSA) is 41.5 Å². The summed E-state index contributed by atoms with van der Waals surface area (Å²) in [6.45, 7) is 0. The zero-order valence-electron chi connectivity index (χ0n) is 18.0. The van der Waals surface area contributed by atoms with Crippen LogP contribution in [0.3, 0.4) is 0 Å². The zero-order valence-corrected chi connectivity index (χ0v) is 18.0. The zero-order chi connectivity index (χ0) is 19.9. The first-order chi connectivity index (χ1) is 14.3. The van der Waals surface area contributed by atoms with Crippen molar-refractivity contribution in [3.05, 3.63) is 35.6 Å². The first-order valence-corrected chi connectivity index (χ1v) is 12.2. The molecule has 0 bridgehead atoms. The summed E-state index contributed by atoms with van der Waals surface area (Å²) in [5.41, 5.74) is 4.24. The van der Waals surface area contributed by atoms with E-state index in [0.29, 0.717) is 12.0 Å². The van der Waals surface area contributed by atoms with Crippen LogP contribution in [0.2, 0.25) is 0 Å². The molecule has 2 unspecified atom stereocenters. The quantitative estimate of drug-likeness (QED) is 0.505. The smallest absolute Gasteiger partial charge is 0.220 e. The SMILES string of the molecule is O=C(CCC1CCCCC1)NC1CCCC(CC2=NC=CCC3=C2C=CCC3)C1.[HH].[HH].[HH]. The van der Waals surface area contributed by atoms with Crippen LogP contribution in [0, 0.1) is 11.8 Å². The summed E-state index contributed by atoms with van der Waals surface area (Å²) in [7, 11) is 0. The molecule has 1 aliphatic heterocycles. The van der Waals surface area contributed by atoms with Crippen LogP contribution in [0.5, 0.6) is 0 Å². The van der Waals surface area contributed by atoms with Gasteiger partial charge in [-0.15, -0.1) is 0 Å². The van der Waals surface area contributed by atoms with Crippen LogP contribution in [-0.2, 0) is 4.79 Å². The van der Waals surface area contributed by atoms with E-state index >= 15 is 0 Å². The lowest BCUT2D eigenvalue weighted by molar-refractivity contribution is -0.122. The molecule has 4 rings (SSSR count). The Morgan fingerprint density at radius 3 is 2.83 bits per heavy atom. The normalized spacial score (nSPS) is 27.9. The summed E-state index contributed by atoms with van der Waals surface area (Å²) >= 11 is 0. The minimum absolute atomic E-state index is 0. The molecule has 3 aliphatic carbocycles. The van der Waals surface area contributed by atoms with Gasteiger partial charge in [-0.3, -0.25) is 9.79 Å². The molecule has 29 heavy (non-hydrogen) atoms. The maximum absolute atomic E-state index is 12.5. The lowest BCUT2D eigenvalue weighted by Crippen LogP contribution is -2.39. The van der Waals surface area contributed by atoms with Gasteiger partial charge in [0.2, 0.25) is 5.91 Å². The number of nitrogens with zero attached hydrogens (tertiary/aromatic N) is 1. The van der Waals surface area contributed by atoms with E-state index in [0.717, 1.165) is 44.4 Å². The molecule has 0 saturated heterocycles. The van der Waals surface area contributed by atoms with E-state index in [2.05, 4.69) is 23.5 Å². The molecule has 2 atom stereocenters. The first-order valence-electron chi connectivity index (χ1n) is 12.2. The van der Waals surface area contributed by atoms with Crippen molar-refractivity contribution in [1.29, 1.82) is 0 Å². The number of hydrogen-bond acceptors (Lipinski definition) is 2. The van der Waals surface area contributed by atoms with Crippen molar-refractivity contribution in [3.63, 3.8) is 0 Å². The largest absolute Gasteiger partial charge is 0.353 e. The van der Waals surface area contributed by atoms with Crippen LogP contribution in [0.1, 0.15) is 101 Å². The van der Waals surface area contributed by atoms with Gasteiger partial charge in [0.15, 0.2) is 0 Å². The van der Waals surface area contributed by atoms with Crippen molar-refractivity contribution < 1.29 is 9.07 Å². The summed E-state index contributed by atoms with van der Waals surface area (Å²) < 4.78 is 0. The summed E-state index contributed by atoms with van der Waals surface area (Å²) in [5.74, 6) is 1.72. The summed E-state index contributed by atoms with van der Waals surface area (Å²) in [6, 6.07) is 0.366. The molecule has 4 aliphatic rings. The molecule has 3 heteroatoms. The highest BCUT2D eigenvalue weighted by Gasteiger charge is 2.26. The van der Waals surface area contributed by atoms with Crippen LogP contribution < -0.4 is 5.32 Å². The number of aliphatic imine (C=N–C) groups is 1. The van der Waals surface area contributed by atoms with E-state index < -0.39 is 0 Å². The molecule has 0 aromatic heterocycles. The minimum atomic E-state index is 0. The molecule has 0 radical (unpaired) electrons. The summed E-state index contributed by atoms with van der Waals surface area (Å²) in [4.78, 5) is 17.3. The number of amides is 1. The van der Waals surface area contributed by atoms with Gasteiger partial charge >= 0.3 is 0 Å². The summed E-state index contributed by atoms with van der Waals surface area (Å²) in [5, 5.41) is 3.38. The van der Waals surface area contributed by atoms with Crippen LogP contribution in [0.15, 0.2) is 40.6 Å². The Hall–Kier alpha value is -1.64. The van der Waals surface area contributed by atoms with Gasteiger partial charge in [0.05, 0.1) is 0 Å². The fourth-order valence-electron chi connectivity index (χ4n) is 5.79. The average Bonchev–Trinajstić information content (AvgIpc) is 2.96. The highest BCUT2D eigenvalue weighted by atomic mass is 16.1. The van der Waals surface area contributed by atoms with Crippen LogP contribution in [0.25, 0.3) is 0 Å². The number of allylic oxidation sites excluding steroid dienone is 5. The maximum atomic E-state index is 12.5. The maximum Gasteiger partial charge on any atom is 0.220 e. The highest BCUT2D eigenvalue weighted by Crippen LogP contribution is 2.33. The van der Waals surface area contributed by atoms with Gasteiger partial charge in [-0.05, 0) is 68.8 Å². The van der Waals surface area contributed by atoms with Crippen molar-refractivity contribution in [2.75, 3.05) is 0 Å². The second-order valence-corrected chi connectivity index (χ2v) is 9.67. The third-order valence-corrected chi connectivity index (χ3v) is 7.42. The molecule has 1 amide bonds.